The van der Waals surface area contributed by atoms with Crippen LogP contribution in [0.25, 0.3) is 10.2 Å². The van der Waals surface area contributed by atoms with E-state index in [4.69, 9.17) is 4.74 Å². The predicted molar refractivity (Wildman–Crippen MR) is 92.9 cm³/mol. The number of thiazole rings is 1. The number of hydrogen-bond donors (Lipinski definition) is 0. The summed E-state index contributed by atoms with van der Waals surface area (Å²) in [5.41, 5.74) is 0.581. The number of para-hydroxylation sites is 1. The third-order valence-electron chi connectivity index (χ3n) is 3.68. The van der Waals surface area contributed by atoms with Crippen molar-refractivity contribution in [2.24, 2.45) is 4.99 Å². The molecule has 3 rings (SSSR count). The SMILES string of the molecule is CCCn1c(=NC(=O)c2ccccc2OC)sc2cc(F)cc(F)c21. The summed E-state index contributed by atoms with van der Waals surface area (Å²) in [6.45, 7) is 2.41. The molecule has 0 aliphatic carbocycles. The Kier molecular flexibility index (Phi) is 4.94. The van der Waals surface area contributed by atoms with Crippen LogP contribution in [0, 0.1) is 11.6 Å². The van der Waals surface area contributed by atoms with Crippen LogP contribution in [0.5, 0.6) is 5.75 Å². The lowest BCUT2D eigenvalue weighted by Gasteiger charge is -2.05. The number of ether oxygens (including phenoxy) is 1. The van der Waals surface area contributed by atoms with Gasteiger partial charge < -0.3 is 9.30 Å². The van der Waals surface area contributed by atoms with Gasteiger partial charge in [0.25, 0.3) is 5.91 Å². The van der Waals surface area contributed by atoms with Crippen molar-refractivity contribution in [2.45, 2.75) is 19.9 Å². The smallest absolute Gasteiger partial charge is 0.283 e. The molecule has 7 heteroatoms. The highest BCUT2D eigenvalue weighted by atomic mass is 32.1. The minimum absolute atomic E-state index is 0.264. The third kappa shape index (κ3) is 3.32. The molecule has 1 heterocycles. The molecule has 130 valence electrons. The molecule has 3 aromatic rings. The molecular weight excluding hydrogens is 346 g/mol. The van der Waals surface area contributed by atoms with E-state index < -0.39 is 17.5 Å². The molecule has 0 saturated carbocycles. The number of rotatable bonds is 4. The van der Waals surface area contributed by atoms with E-state index >= 15 is 0 Å². The van der Waals surface area contributed by atoms with Gasteiger partial charge in [-0.15, -0.1) is 0 Å². The zero-order valence-corrected chi connectivity index (χ0v) is 14.6. The first kappa shape index (κ1) is 17.3. The first-order chi connectivity index (χ1) is 12.0. The molecule has 0 aliphatic rings. The highest BCUT2D eigenvalue weighted by molar-refractivity contribution is 7.16. The highest BCUT2D eigenvalue weighted by Gasteiger charge is 2.15. The van der Waals surface area contributed by atoms with Crippen molar-refractivity contribution < 1.29 is 18.3 Å². The molecule has 0 atom stereocenters. The summed E-state index contributed by atoms with van der Waals surface area (Å²) in [7, 11) is 1.47. The summed E-state index contributed by atoms with van der Waals surface area (Å²) in [6, 6.07) is 8.84. The number of halogens is 2. The Labute approximate surface area is 147 Å². The lowest BCUT2D eigenvalue weighted by Crippen LogP contribution is -2.17. The van der Waals surface area contributed by atoms with Crippen molar-refractivity contribution in [3.63, 3.8) is 0 Å². The summed E-state index contributed by atoms with van der Waals surface area (Å²) in [6.07, 6.45) is 0.721. The largest absolute Gasteiger partial charge is 0.496 e. The minimum atomic E-state index is -0.661. The summed E-state index contributed by atoms with van der Waals surface area (Å²) >= 11 is 1.08. The molecule has 25 heavy (non-hydrogen) atoms. The normalized spacial score (nSPS) is 11.9. The van der Waals surface area contributed by atoms with Gasteiger partial charge in [-0.25, -0.2) is 8.78 Å². The van der Waals surface area contributed by atoms with E-state index in [0.29, 0.717) is 27.4 Å². The van der Waals surface area contributed by atoms with Crippen LogP contribution in [0.3, 0.4) is 0 Å². The second kappa shape index (κ2) is 7.14. The quantitative estimate of drug-likeness (QED) is 0.700. The van der Waals surface area contributed by atoms with Gasteiger partial charge in [-0.3, -0.25) is 4.79 Å². The molecule has 2 aromatic carbocycles. The number of fused-ring (bicyclic) bond motifs is 1. The van der Waals surface area contributed by atoms with Crippen LogP contribution >= 0.6 is 11.3 Å². The Morgan fingerprint density at radius 3 is 2.76 bits per heavy atom. The summed E-state index contributed by atoms with van der Waals surface area (Å²) in [5.74, 6) is -1.39. The fraction of sp³-hybridized carbons (Fsp3) is 0.222. The lowest BCUT2D eigenvalue weighted by molar-refractivity contribution is 0.0995. The first-order valence-corrected chi connectivity index (χ1v) is 8.57. The number of methoxy groups -OCH3 is 1. The molecule has 0 bridgehead atoms. The van der Waals surface area contributed by atoms with Crippen LogP contribution in [0.4, 0.5) is 8.78 Å². The molecule has 0 radical (unpaired) electrons. The van der Waals surface area contributed by atoms with Crippen molar-refractivity contribution in [1.29, 1.82) is 0 Å². The fourth-order valence-electron chi connectivity index (χ4n) is 2.61. The van der Waals surface area contributed by atoms with Crippen molar-refractivity contribution in [2.75, 3.05) is 7.11 Å². The number of carbonyl (C=O) groups is 1. The van der Waals surface area contributed by atoms with Crippen molar-refractivity contribution in [1.82, 2.24) is 4.57 Å². The average molecular weight is 362 g/mol. The van der Waals surface area contributed by atoms with Gasteiger partial charge in [0.05, 0.1) is 22.9 Å². The molecule has 1 aromatic heterocycles. The monoisotopic (exact) mass is 362 g/mol. The van der Waals surface area contributed by atoms with Crippen LogP contribution in [-0.2, 0) is 6.54 Å². The molecule has 0 N–H and O–H groups in total. The molecule has 1 amide bonds. The zero-order valence-electron chi connectivity index (χ0n) is 13.8. The van der Waals surface area contributed by atoms with E-state index in [2.05, 4.69) is 4.99 Å². The van der Waals surface area contributed by atoms with E-state index in [1.165, 1.54) is 13.2 Å². The second-order valence-electron chi connectivity index (χ2n) is 5.39. The van der Waals surface area contributed by atoms with E-state index in [9.17, 15) is 13.6 Å². The van der Waals surface area contributed by atoms with Crippen LogP contribution in [-0.4, -0.2) is 17.6 Å². The maximum Gasteiger partial charge on any atom is 0.283 e. The third-order valence-corrected chi connectivity index (χ3v) is 4.70. The summed E-state index contributed by atoms with van der Waals surface area (Å²) < 4.78 is 34.9. The lowest BCUT2D eigenvalue weighted by atomic mass is 10.2. The topological polar surface area (TPSA) is 43.6 Å². The average Bonchev–Trinajstić information content (AvgIpc) is 2.92. The number of carbonyl (C=O) groups excluding carboxylic acids is 1. The Hall–Kier alpha value is -2.54. The van der Waals surface area contributed by atoms with Gasteiger partial charge in [-0.1, -0.05) is 30.4 Å². The highest BCUT2D eigenvalue weighted by Crippen LogP contribution is 2.23. The number of benzene rings is 2. The zero-order chi connectivity index (χ0) is 18.0. The molecule has 0 spiro atoms. The maximum absolute atomic E-state index is 14.2. The van der Waals surface area contributed by atoms with Crippen LogP contribution in [0.1, 0.15) is 23.7 Å². The van der Waals surface area contributed by atoms with Gasteiger partial charge >= 0.3 is 0 Å². The van der Waals surface area contributed by atoms with E-state index in [1.54, 1.807) is 28.8 Å². The molecular formula is C18H16F2N2O2S. The Morgan fingerprint density at radius 1 is 1.28 bits per heavy atom. The number of hydrogen-bond acceptors (Lipinski definition) is 3. The van der Waals surface area contributed by atoms with Crippen LogP contribution in [0.2, 0.25) is 0 Å². The van der Waals surface area contributed by atoms with Gasteiger partial charge in [0.2, 0.25) is 0 Å². The van der Waals surface area contributed by atoms with Gasteiger partial charge in [0.15, 0.2) is 10.6 Å². The van der Waals surface area contributed by atoms with Crippen molar-refractivity contribution in [3.8, 4) is 5.75 Å². The standard InChI is InChI=1S/C18H16F2N2O2S/c1-3-8-22-16-13(20)9-11(19)10-15(16)25-18(22)21-17(23)12-6-4-5-7-14(12)24-2/h4-7,9-10H,3,8H2,1-2H3. The molecule has 4 nitrogen and oxygen atoms in total. The molecule has 0 saturated heterocycles. The predicted octanol–water partition coefficient (Wildman–Crippen LogP) is 4.14. The number of aromatic nitrogens is 1. The first-order valence-electron chi connectivity index (χ1n) is 7.75. The van der Waals surface area contributed by atoms with Crippen molar-refractivity contribution in [3.05, 3.63) is 58.4 Å². The molecule has 0 aliphatic heterocycles. The summed E-state index contributed by atoms with van der Waals surface area (Å²) in [5, 5.41) is 0. The number of aryl methyl sites for hydroxylation is 1. The second-order valence-corrected chi connectivity index (χ2v) is 6.40. The molecule has 0 fully saturated rings. The van der Waals surface area contributed by atoms with Gasteiger partial charge in [0.1, 0.15) is 11.6 Å². The Bertz CT molecular complexity index is 1010. The number of amides is 1. The Morgan fingerprint density at radius 2 is 2.04 bits per heavy atom. The van der Waals surface area contributed by atoms with E-state index in [0.717, 1.165) is 23.8 Å². The van der Waals surface area contributed by atoms with E-state index in [1.807, 2.05) is 6.92 Å². The van der Waals surface area contributed by atoms with Gasteiger partial charge in [0, 0.05) is 12.6 Å². The summed E-state index contributed by atoms with van der Waals surface area (Å²) in [4.78, 5) is 17.0. The van der Waals surface area contributed by atoms with Crippen LogP contribution < -0.4 is 9.54 Å². The van der Waals surface area contributed by atoms with Crippen LogP contribution in [0.15, 0.2) is 41.4 Å². The van der Waals surface area contributed by atoms with Gasteiger partial charge in [-0.2, -0.15) is 4.99 Å². The van der Waals surface area contributed by atoms with E-state index in [-0.39, 0.29) is 5.52 Å². The Balaban J connectivity index is 2.20. The minimum Gasteiger partial charge on any atom is -0.496 e. The number of nitrogens with zero attached hydrogens (tertiary/aromatic N) is 2. The van der Waals surface area contributed by atoms with Crippen molar-refractivity contribution >= 4 is 27.5 Å². The van der Waals surface area contributed by atoms with Gasteiger partial charge in [-0.05, 0) is 24.6 Å². The maximum atomic E-state index is 14.2. The fourth-order valence-corrected chi connectivity index (χ4v) is 3.71. The molecule has 0 unspecified atom stereocenters.